The SMILES string of the molecule is BP(F)Br. The van der Waals surface area contributed by atoms with Gasteiger partial charge in [-0.25, -0.2) is 4.20 Å². The Labute approximate surface area is 34.8 Å². The fraction of sp³-hybridized carbons (Fsp3) is 0. The van der Waals surface area contributed by atoms with E-state index < -0.39 is 6.81 Å². The molecule has 0 nitrogen and oxygen atoms in total. The molecule has 0 aromatic carbocycles. The van der Waals surface area contributed by atoms with Crippen LogP contribution in [-0.2, 0) is 0 Å². The van der Waals surface area contributed by atoms with Crippen LogP contribution in [0.1, 0.15) is 0 Å². The summed E-state index contributed by atoms with van der Waals surface area (Å²) in [5.74, 6) is 0. The summed E-state index contributed by atoms with van der Waals surface area (Å²) in [5, 5.41) is 0. The molecule has 0 aliphatic heterocycles. The van der Waals surface area contributed by atoms with Crippen molar-refractivity contribution in [3.8, 4) is 0 Å². The zero-order chi connectivity index (χ0) is 3.58. The smallest absolute Gasteiger partial charge is 0.190 e. The van der Waals surface area contributed by atoms with Crippen LogP contribution in [0.25, 0.3) is 0 Å². The molecule has 0 fully saturated rings. The largest absolute Gasteiger partial charge is 0.226 e. The Hall–Kier alpha value is 0.905. The topological polar surface area (TPSA) is 0 Å². The molecule has 0 bridgehead atoms. The van der Waals surface area contributed by atoms with Gasteiger partial charge < -0.3 is 0 Å². The van der Waals surface area contributed by atoms with E-state index in [1.165, 1.54) is 7.57 Å². The molecule has 0 aliphatic rings. The van der Waals surface area contributed by atoms with Crippen LogP contribution in [0.5, 0.6) is 0 Å². The quantitative estimate of drug-likeness (QED) is 0.353. The lowest BCUT2D eigenvalue weighted by molar-refractivity contribution is 0.931. The monoisotopic (exact) mass is 142 g/mol. The predicted molar refractivity (Wildman–Crippen MR) is 25.5 cm³/mol. The zero-order valence-electron chi connectivity index (χ0n) is 2.20. The van der Waals surface area contributed by atoms with E-state index in [4.69, 9.17) is 0 Å². The Morgan fingerprint density at radius 3 is 2.00 bits per heavy atom. The molecule has 0 amide bonds. The number of hydrogen-bond acceptors (Lipinski definition) is 0. The highest BCUT2D eigenvalue weighted by atomic mass is 79.9. The molecule has 24 valence electrons. The second kappa shape index (κ2) is 2.16. The van der Waals surface area contributed by atoms with Gasteiger partial charge in [0.1, 0.15) is 0 Å². The Morgan fingerprint density at radius 2 is 2.00 bits per heavy atom. The van der Waals surface area contributed by atoms with Crippen LogP contribution in [-0.4, -0.2) is 7.57 Å². The van der Waals surface area contributed by atoms with Crippen LogP contribution in [0.2, 0.25) is 0 Å². The van der Waals surface area contributed by atoms with Gasteiger partial charge in [-0.3, -0.25) is 0 Å². The lowest BCUT2D eigenvalue weighted by atomic mass is 10.8. The molecule has 1 unspecified atom stereocenters. The Bertz CT molecular complexity index is 12.8. The average Bonchev–Trinajstić information content (AvgIpc) is 0.811. The lowest BCUT2D eigenvalue weighted by Gasteiger charge is -1.70. The summed E-state index contributed by atoms with van der Waals surface area (Å²) >= 11 is 2.67. The van der Waals surface area contributed by atoms with Crippen LogP contribution in [0.3, 0.4) is 0 Å². The first-order valence-electron chi connectivity index (χ1n) is 0.785. The van der Waals surface area contributed by atoms with Crippen LogP contribution >= 0.6 is 22.3 Å². The van der Waals surface area contributed by atoms with Crippen molar-refractivity contribution in [2.24, 2.45) is 0 Å². The Morgan fingerprint density at radius 1 is 2.00 bits per heavy atom. The van der Waals surface area contributed by atoms with E-state index in [1.807, 2.05) is 0 Å². The number of rotatable bonds is 0. The Balaban J connectivity index is 2.32. The third kappa shape index (κ3) is 12.9. The van der Waals surface area contributed by atoms with E-state index in [2.05, 4.69) is 15.5 Å². The van der Waals surface area contributed by atoms with Crippen molar-refractivity contribution >= 4 is 29.9 Å². The fourth-order valence-corrected chi connectivity index (χ4v) is 0. The van der Waals surface area contributed by atoms with Crippen molar-refractivity contribution < 1.29 is 4.20 Å². The number of hydrogen-bond donors (Lipinski definition) is 0. The van der Waals surface area contributed by atoms with Gasteiger partial charge in [0.15, 0.2) is 7.57 Å². The molecule has 0 saturated carbocycles. The lowest BCUT2D eigenvalue weighted by Crippen LogP contribution is -1.29. The van der Waals surface area contributed by atoms with Gasteiger partial charge in [-0.1, -0.05) is 0 Å². The molecule has 0 heterocycles. The third-order valence-corrected chi connectivity index (χ3v) is 0. The molecule has 0 rings (SSSR count). The van der Waals surface area contributed by atoms with Crippen molar-refractivity contribution in [3.63, 3.8) is 0 Å². The number of halogens is 2. The van der Waals surface area contributed by atoms with Crippen molar-refractivity contribution in [3.05, 3.63) is 0 Å². The van der Waals surface area contributed by atoms with Gasteiger partial charge in [0.2, 0.25) is 0 Å². The summed E-state index contributed by atoms with van der Waals surface area (Å²) in [5.41, 5.74) is 0. The maximum absolute atomic E-state index is 11.0. The molecule has 4 heteroatoms. The normalized spacial score (nSPS) is 15.5. The second-order valence-electron chi connectivity index (χ2n) is 0.402. The van der Waals surface area contributed by atoms with Gasteiger partial charge >= 0.3 is 0 Å². The summed E-state index contributed by atoms with van der Waals surface area (Å²) in [6.45, 7) is -1.31. The van der Waals surface area contributed by atoms with Crippen LogP contribution in [0.4, 0.5) is 4.20 Å². The molecule has 0 N–H and O–H groups in total. The van der Waals surface area contributed by atoms with E-state index in [1.54, 1.807) is 0 Å². The van der Waals surface area contributed by atoms with Gasteiger partial charge in [-0.2, -0.15) is 0 Å². The third-order valence-electron chi connectivity index (χ3n) is 0. The highest BCUT2D eigenvalue weighted by molar-refractivity contribution is 9.41. The van der Waals surface area contributed by atoms with E-state index in [-0.39, 0.29) is 0 Å². The molecule has 1 atom stereocenters. The van der Waals surface area contributed by atoms with Gasteiger partial charge in [0, 0.05) is 0 Å². The summed E-state index contributed by atoms with van der Waals surface area (Å²) < 4.78 is 11.0. The first-order valence-corrected chi connectivity index (χ1v) is 4.48. The van der Waals surface area contributed by atoms with E-state index >= 15 is 0 Å². The average molecular weight is 143 g/mol. The van der Waals surface area contributed by atoms with Crippen LogP contribution in [0, 0.1) is 0 Å². The van der Waals surface area contributed by atoms with Gasteiger partial charge in [0.05, 0.1) is 6.81 Å². The second-order valence-corrected chi connectivity index (χ2v) is 4.14. The first-order chi connectivity index (χ1) is 1.73. The van der Waals surface area contributed by atoms with Crippen molar-refractivity contribution in [1.29, 1.82) is 0 Å². The summed E-state index contributed by atoms with van der Waals surface area (Å²) in [7, 11) is 1.48. The van der Waals surface area contributed by atoms with Crippen molar-refractivity contribution in [2.45, 2.75) is 0 Å². The minimum atomic E-state index is -1.31. The summed E-state index contributed by atoms with van der Waals surface area (Å²) in [4.78, 5) is 0. The molecule has 0 aromatic heterocycles. The molecule has 0 spiro atoms. The van der Waals surface area contributed by atoms with E-state index in [9.17, 15) is 4.20 Å². The van der Waals surface area contributed by atoms with Gasteiger partial charge in [0.25, 0.3) is 0 Å². The first kappa shape index (κ1) is 4.90. The van der Waals surface area contributed by atoms with Gasteiger partial charge in [-0.15, -0.1) is 0 Å². The van der Waals surface area contributed by atoms with Crippen LogP contribution < -0.4 is 0 Å². The molecule has 0 radical (unpaired) electrons. The zero-order valence-corrected chi connectivity index (χ0v) is 4.68. The molecule has 0 aromatic rings. The molecule has 4 heavy (non-hydrogen) atoms. The maximum Gasteiger partial charge on any atom is 0.190 e. The standard InChI is InChI=1S/BBrFH2P/c1-4(2)3/h1H2. The molecule has 0 aliphatic carbocycles. The highest BCUT2D eigenvalue weighted by Gasteiger charge is 1.78. The van der Waals surface area contributed by atoms with Crippen molar-refractivity contribution in [1.82, 2.24) is 0 Å². The van der Waals surface area contributed by atoms with E-state index in [0.29, 0.717) is 0 Å². The summed E-state index contributed by atoms with van der Waals surface area (Å²) in [6, 6.07) is 0. The highest BCUT2D eigenvalue weighted by Crippen LogP contribution is 2.38. The minimum Gasteiger partial charge on any atom is -0.226 e. The summed E-state index contributed by atoms with van der Waals surface area (Å²) in [6.07, 6.45) is 0. The minimum absolute atomic E-state index is 1.31. The maximum atomic E-state index is 11.0. The Kier molecular flexibility index (Phi) is 2.65. The molecule has 0 saturated heterocycles. The predicted octanol–water partition coefficient (Wildman–Crippen LogP) is 1.21. The van der Waals surface area contributed by atoms with Crippen molar-refractivity contribution in [2.75, 3.05) is 0 Å². The fourth-order valence-electron chi connectivity index (χ4n) is 0. The van der Waals surface area contributed by atoms with Gasteiger partial charge in [-0.05, 0) is 15.5 Å². The van der Waals surface area contributed by atoms with E-state index in [0.717, 1.165) is 0 Å². The molecular weight excluding hydrogens is 141 g/mol. The molecular formula is H2BBrFP. The van der Waals surface area contributed by atoms with Crippen LogP contribution in [0.15, 0.2) is 0 Å².